The fourth-order valence-electron chi connectivity index (χ4n) is 2.42. The number of thiazole rings is 1. The first-order valence-corrected chi connectivity index (χ1v) is 8.33. The minimum atomic E-state index is -0.422. The molecule has 0 unspecified atom stereocenters. The zero-order valence-electron chi connectivity index (χ0n) is 13.5. The summed E-state index contributed by atoms with van der Waals surface area (Å²) in [7, 11) is 0. The van der Waals surface area contributed by atoms with E-state index in [0.29, 0.717) is 23.5 Å². The van der Waals surface area contributed by atoms with Crippen molar-refractivity contribution >= 4 is 17.2 Å². The Kier molecular flexibility index (Phi) is 5.49. The third kappa shape index (κ3) is 4.84. The number of aliphatic hydroxyl groups excluding tert-OH is 1. The number of carbonyl (C=O) groups is 1. The molecule has 0 aliphatic heterocycles. The monoisotopic (exact) mass is 336 g/mol. The molecule has 2 rings (SSSR count). The largest absolute Gasteiger partial charge is 0.393 e. The van der Waals surface area contributed by atoms with Gasteiger partial charge in [-0.05, 0) is 30.9 Å². The molecule has 4 nitrogen and oxygen atoms in total. The molecule has 0 aliphatic carbocycles. The Morgan fingerprint density at radius 3 is 2.78 bits per heavy atom. The van der Waals surface area contributed by atoms with Gasteiger partial charge in [-0.15, -0.1) is 11.3 Å². The molecule has 2 aromatic rings. The van der Waals surface area contributed by atoms with Crippen molar-refractivity contribution in [3.8, 4) is 10.6 Å². The van der Waals surface area contributed by atoms with Gasteiger partial charge in [-0.1, -0.05) is 26.0 Å². The van der Waals surface area contributed by atoms with Crippen molar-refractivity contribution in [3.05, 3.63) is 41.2 Å². The van der Waals surface area contributed by atoms with Gasteiger partial charge in [0.1, 0.15) is 16.5 Å². The van der Waals surface area contributed by atoms with E-state index in [1.807, 2.05) is 13.8 Å². The minimum Gasteiger partial charge on any atom is -0.393 e. The van der Waals surface area contributed by atoms with E-state index in [0.717, 1.165) is 0 Å². The summed E-state index contributed by atoms with van der Waals surface area (Å²) in [4.78, 5) is 16.4. The molecule has 1 aromatic carbocycles. The Morgan fingerprint density at radius 2 is 2.13 bits per heavy atom. The molecule has 0 aliphatic rings. The van der Waals surface area contributed by atoms with Crippen molar-refractivity contribution in [1.82, 2.24) is 10.3 Å². The third-order valence-corrected chi connectivity index (χ3v) is 4.29. The molecule has 1 amide bonds. The molecule has 0 fully saturated rings. The SMILES string of the molecule is C[C@H](O)CC(C)(C)CNC(=O)c1csc(-c2ccccc2F)n1. The number of rotatable bonds is 6. The Bertz CT molecular complexity index is 683. The van der Waals surface area contributed by atoms with Crippen LogP contribution in [0.25, 0.3) is 10.6 Å². The number of halogens is 1. The van der Waals surface area contributed by atoms with Crippen LogP contribution in [-0.4, -0.2) is 28.6 Å². The van der Waals surface area contributed by atoms with Gasteiger partial charge in [0.15, 0.2) is 0 Å². The number of hydrogen-bond acceptors (Lipinski definition) is 4. The first-order chi connectivity index (χ1) is 10.8. The maximum atomic E-state index is 13.8. The quantitative estimate of drug-likeness (QED) is 0.849. The summed E-state index contributed by atoms with van der Waals surface area (Å²) >= 11 is 1.24. The number of aromatic nitrogens is 1. The van der Waals surface area contributed by atoms with E-state index < -0.39 is 6.10 Å². The molecule has 1 atom stereocenters. The van der Waals surface area contributed by atoms with Crippen molar-refractivity contribution in [3.63, 3.8) is 0 Å². The maximum Gasteiger partial charge on any atom is 0.270 e. The minimum absolute atomic E-state index is 0.214. The van der Waals surface area contributed by atoms with Gasteiger partial charge in [-0.3, -0.25) is 4.79 Å². The summed E-state index contributed by atoms with van der Waals surface area (Å²) in [6, 6.07) is 6.36. The lowest BCUT2D eigenvalue weighted by Crippen LogP contribution is -2.35. The Balaban J connectivity index is 2.03. The van der Waals surface area contributed by atoms with Gasteiger partial charge in [-0.25, -0.2) is 9.37 Å². The first kappa shape index (κ1) is 17.6. The van der Waals surface area contributed by atoms with Crippen LogP contribution in [0.5, 0.6) is 0 Å². The lowest BCUT2D eigenvalue weighted by molar-refractivity contribution is 0.0898. The molecule has 0 saturated carbocycles. The summed E-state index contributed by atoms with van der Waals surface area (Å²) in [6.07, 6.45) is 0.166. The standard InChI is InChI=1S/C17H21FN2O2S/c1-11(21)8-17(2,3)10-19-15(22)14-9-23-16(20-14)12-6-4-5-7-13(12)18/h4-7,9,11,21H,8,10H2,1-3H3,(H,19,22)/t11-/m0/s1. The molecule has 0 spiro atoms. The Hall–Kier alpha value is -1.79. The molecule has 1 heterocycles. The average Bonchev–Trinajstić information content (AvgIpc) is 2.93. The van der Waals surface area contributed by atoms with Crippen LogP contribution in [0.3, 0.4) is 0 Å². The number of nitrogens with one attached hydrogen (secondary N) is 1. The molecule has 0 saturated heterocycles. The molecule has 23 heavy (non-hydrogen) atoms. The highest BCUT2D eigenvalue weighted by atomic mass is 32.1. The van der Waals surface area contributed by atoms with E-state index >= 15 is 0 Å². The second kappa shape index (κ2) is 7.19. The summed E-state index contributed by atoms with van der Waals surface area (Å²) in [5.74, 6) is -0.644. The smallest absolute Gasteiger partial charge is 0.270 e. The lowest BCUT2D eigenvalue weighted by Gasteiger charge is -2.26. The number of nitrogens with zero attached hydrogens (tertiary/aromatic N) is 1. The second-order valence-electron chi connectivity index (χ2n) is 6.42. The highest BCUT2D eigenvalue weighted by Gasteiger charge is 2.22. The predicted octanol–water partition coefficient (Wildman–Crippen LogP) is 3.48. The van der Waals surface area contributed by atoms with Crippen molar-refractivity contribution < 1.29 is 14.3 Å². The molecule has 1 aromatic heterocycles. The highest BCUT2D eigenvalue weighted by Crippen LogP contribution is 2.26. The summed E-state index contributed by atoms with van der Waals surface area (Å²) in [6.45, 7) is 6.12. The van der Waals surface area contributed by atoms with Crippen LogP contribution >= 0.6 is 11.3 Å². The normalized spacial score (nSPS) is 12.9. The maximum absolute atomic E-state index is 13.8. The van der Waals surface area contributed by atoms with Gasteiger partial charge in [0.05, 0.1) is 6.10 Å². The zero-order valence-corrected chi connectivity index (χ0v) is 14.3. The van der Waals surface area contributed by atoms with Crippen LogP contribution in [0.1, 0.15) is 37.7 Å². The summed E-state index contributed by atoms with van der Waals surface area (Å²) < 4.78 is 13.8. The van der Waals surface area contributed by atoms with Crippen LogP contribution in [0, 0.1) is 11.2 Å². The number of carbonyl (C=O) groups excluding carboxylic acids is 1. The Morgan fingerprint density at radius 1 is 1.43 bits per heavy atom. The highest BCUT2D eigenvalue weighted by molar-refractivity contribution is 7.13. The van der Waals surface area contributed by atoms with Gasteiger partial charge in [0.25, 0.3) is 5.91 Å². The van der Waals surface area contributed by atoms with Gasteiger partial charge < -0.3 is 10.4 Å². The van der Waals surface area contributed by atoms with Gasteiger partial charge in [0, 0.05) is 17.5 Å². The second-order valence-corrected chi connectivity index (χ2v) is 7.28. The van der Waals surface area contributed by atoms with Crippen LogP contribution in [-0.2, 0) is 0 Å². The fraction of sp³-hybridized carbons (Fsp3) is 0.412. The van der Waals surface area contributed by atoms with Crippen molar-refractivity contribution in [2.45, 2.75) is 33.3 Å². The van der Waals surface area contributed by atoms with Crippen LogP contribution in [0.15, 0.2) is 29.6 Å². The van der Waals surface area contributed by atoms with E-state index in [9.17, 15) is 14.3 Å². The zero-order chi connectivity index (χ0) is 17.0. The van der Waals surface area contributed by atoms with E-state index in [1.165, 1.54) is 17.4 Å². The predicted molar refractivity (Wildman–Crippen MR) is 89.9 cm³/mol. The first-order valence-electron chi connectivity index (χ1n) is 7.45. The lowest BCUT2D eigenvalue weighted by atomic mass is 9.87. The van der Waals surface area contributed by atoms with Gasteiger partial charge >= 0.3 is 0 Å². The topological polar surface area (TPSA) is 62.2 Å². The van der Waals surface area contributed by atoms with E-state index in [1.54, 1.807) is 30.5 Å². The molecular formula is C17H21FN2O2S. The van der Waals surface area contributed by atoms with E-state index in [2.05, 4.69) is 10.3 Å². The van der Waals surface area contributed by atoms with Crippen molar-refractivity contribution in [2.24, 2.45) is 5.41 Å². The summed E-state index contributed by atoms with van der Waals surface area (Å²) in [5.41, 5.74) is 0.459. The molecule has 6 heteroatoms. The number of amides is 1. The number of hydrogen-bond donors (Lipinski definition) is 2. The van der Waals surface area contributed by atoms with Crippen LogP contribution in [0.2, 0.25) is 0 Å². The fourth-order valence-corrected chi connectivity index (χ4v) is 3.24. The van der Waals surface area contributed by atoms with Crippen molar-refractivity contribution in [2.75, 3.05) is 6.54 Å². The molecule has 0 bridgehead atoms. The molecule has 2 N–H and O–H groups in total. The van der Waals surface area contributed by atoms with E-state index in [4.69, 9.17) is 0 Å². The average molecular weight is 336 g/mol. The molecule has 124 valence electrons. The van der Waals surface area contributed by atoms with Gasteiger partial charge in [0.2, 0.25) is 0 Å². The molecule has 0 radical (unpaired) electrons. The molecular weight excluding hydrogens is 315 g/mol. The summed E-state index contributed by atoms with van der Waals surface area (Å²) in [5, 5.41) is 14.4. The van der Waals surface area contributed by atoms with E-state index in [-0.39, 0.29) is 22.8 Å². The number of benzene rings is 1. The number of aliphatic hydroxyl groups is 1. The van der Waals surface area contributed by atoms with Gasteiger partial charge in [-0.2, -0.15) is 0 Å². The van der Waals surface area contributed by atoms with Crippen LogP contribution < -0.4 is 5.32 Å². The van der Waals surface area contributed by atoms with Crippen LogP contribution in [0.4, 0.5) is 4.39 Å². The third-order valence-electron chi connectivity index (χ3n) is 3.42. The van der Waals surface area contributed by atoms with Crippen molar-refractivity contribution in [1.29, 1.82) is 0 Å². The Labute approximate surface area is 139 Å².